The van der Waals surface area contributed by atoms with E-state index in [0.717, 1.165) is 11.3 Å². The molecule has 1 heterocycles. The molecule has 0 aliphatic rings. The summed E-state index contributed by atoms with van der Waals surface area (Å²) in [5, 5.41) is 11.7. The van der Waals surface area contributed by atoms with E-state index in [4.69, 9.17) is 0 Å². The summed E-state index contributed by atoms with van der Waals surface area (Å²) in [6.45, 7) is 0.510. The zero-order valence-corrected chi connectivity index (χ0v) is 13.8. The van der Waals surface area contributed by atoms with Gasteiger partial charge in [0, 0.05) is 35.4 Å². The van der Waals surface area contributed by atoms with Crippen LogP contribution in [0.2, 0.25) is 0 Å². The number of rotatable bonds is 5. The Bertz CT molecular complexity index is 954. The van der Waals surface area contributed by atoms with Gasteiger partial charge in [-0.05, 0) is 12.3 Å². The third-order valence-corrected chi connectivity index (χ3v) is 4.33. The van der Waals surface area contributed by atoms with Gasteiger partial charge in [0.05, 0.1) is 16.1 Å². The molecule has 0 aliphatic carbocycles. The van der Waals surface area contributed by atoms with Gasteiger partial charge in [0.1, 0.15) is 0 Å². The van der Waals surface area contributed by atoms with Gasteiger partial charge < -0.3 is 0 Å². The number of fused-ring (bicyclic) bond motifs is 1. The fourth-order valence-corrected chi connectivity index (χ4v) is 2.96. The zero-order valence-electron chi connectivity index (χ0n) is 13.0. The Morgan fingerprint density at radius 3 is 2.62 bits per heavy atom. The van der Waals surface area contributed by atoms with Gasteiger partial charge in [0.2, 0.25) is 0 Å². The molecule has 0 aliphatic heterocycles. The number of thioether (sulfide) groups is 1. The number of aromatic nitrogens is 2. The van der Waals surface area contributed by atoms with Gasteiger partial charge in [-0.25, -0.2) is 4.79 Å². The second-order valence-electron chi connectivity index (χ2n) is 5.21. The van der Waals surface area contributed by atoms with E-state index >= 15 is 0 Å². The highest BCUT2D eigenvalue weighted by Crippen LogP contribution is 2.28. The molecular formula is C17H15N3O3S. The van der Waals surface area contributed by atoms with Gasteiger partial charge in [-0.2, -0.15) is 16.7 Å². The third-order valence-electron chi connectivity index (χ3n) is 3.74. The summed E-state index contributed by atoms with van der Waals surface area (Å²) >= 11 is 1.63. The highest BCUT2D eigenvalue weighted by Gasteiger charge is 2.15. The van der Waals surface area contributed by atoms with Crippen LogP contribution < -0.4 is 5.69 Å². The van der Waals surface area contributed by atoms with Crippen molar-refractivity contribution < 1.29 is 4.92 Å². The summed E-state index contributed by atoms with van der Waals surface area (Å²) in [7, 11) is 0. The molecule has 0 spiro atoms. The average Bonchev–Trinajstić information content (AvgIpc) is 2.60. The Labute approximate surface area is 142 Å². The van der Waals surface area contributed by atoms with E-state index < -0.39 is 4.92 Å². The van der Waals surface area contributed by atoms with E-state index in [0.29, 0.717) is 23.1 Å². The Morgan fingerprint density at radius 1 is 1.21 bits per heavy atom. The fourth-order valence-electron chi connectivity index (χ4n) is 2.60. The Morgan fingerprint density at radius 2 is 1.96 bits per heavy atom. The van der Waals surface area contributed by atoms with Crippen molar-refractivity contribution in [3.8, 4) is 11.3 Å². The first-order chi connectivity index (χ1) is 11.6. The quantitative estimate of drug-likeness (QED) is 0.525. The molecule has 6 nitrogen and oxygen atoms in total. The molecule has 3 aromatic rings. The van der Waals surface area contributed by atoms with Crippen molar-refractivity contribution >= 4 is 28.4 Å². The lowest BCUT2D eigenvalue weighted by atomic mass is 10.1. The van der Waals surface area contributed by atoms with Crippen LogP contribution in [-0.2, 0) is 6.54 Å². The van der Waals surface area contributed by atoms with Gasteiger partial charge >= 0.3 is 5.69 Å². The summed E-state index contributed by atoms with van der Waals surface area (Å²) in [5.74, 6) is 0.762. The normalized spacial score (nSPS) is 10.9. The topological polar surface area (TPSA) is 78.0 Å². The minimum absolute atomic E-state index is 0.0171. The third kappa shape index (κ3) is 3.03. The van der Waals surface area contributed by atoms with Gasteiger partial charge in [-0.1, -0.05) is 30.3 Å². The SMILES string of the molecule is CSCCn1c(=O)nc(-c2ccccc2)c2cc([N+](=O)[O-])ccc21. The minimum atomic E-state index is -0.439. The van der Waals surface area contributed by atoms with Crippen LogP contribution in [0.3, 0.4) is 0 Å². The van der Waals surface area contributed by atoms with Gasteiger partial charge in [0.15, 0.2) is 0 Å². The highest BCUT2D eigenvalue weighted by molar-refractivity contribution is 7.98. The number of nitrogens with zero attached hydrogens (tertiary/aromatic N) is 3. The number of benzene rings is 2. The molecule has 0 saturated heterocycles. The van der Waals surface area contributed by atoms with Crippen molar-refractivity contribution in [1.82, 2.24) is 9.55 Å². The van der Waals surface area contributed by atoms with Crippen LogP contribution in [0.4, 0.5) is 5.69 Å². The van der Waals surface area contributed by atoms with E-state index in [9.17, 15) is 14.9 Å². The van der Waals surface area contributed by atoms with Crippen LogP contribution in [0.25, 0.3) is 22.2 Å². The lowest BCUT2D eigenvalue weighted by Crippen LogP contribution is -2.25. The number of aryl methyl sites for hydroxylation is 1. The van der Waals surface area contributed by atoms with Crippen LogP contribution in [0.15, 0.2) is 53.3 Å². The zero-order chi connectivity index (χ0) is 17.1. The van der Waals surface area contributed by atoms with Crippen molar-refractivity contribution in [2.45, 2.75) is 6.54 Å². The van der Waals surface area contributed by atoms with E-state index in [-0.39, 0.29) is 11.4 Å². The summed E-state index contributed by atoms with van der Waals surface area (Å²) in [6.07, 6.45) is 1.96. The summed E-state index contributed by atoms with van der Waals surface area (Å²) < 4.78 is 1.57. The van der Waals surface area contributed by atoms with Gasteiger partial charge in [0.25, 0.3) is 5.69 Å². The summed E-state index contributed by atoms with van der Waals surface area (Å²) in [6, 6.07) is 13.8. The molecule has 3 rings (SSSR count). The number of hydrogen-bond acceptors (Lipinski definition) is 5. The minimum Gasteiger partial charge on any atom is -0.291 e. The molecule has 122 valence electrons. The van der Waals surface area contributed by atoms with Crippen LogP contribution in [0.1, 0.15) is 0 Å². The Kier molecular flexibility index (Phi) is 4.61. The molecule has 0 unspecified atom stereocenters. The van der Waals surface area contributed by atoms with Gasteiger partial charge in [-0.15, -0.1) is 0 Å². The van der Waals surface area contributed by atoms with Gasteiger partial charge in [-0.3, -0.25) is 14.7 Å². The van der Waals surface area contributed by atoms with Crippen molar-refractivity contribution in [2.24, 2.45) is 0 Å². The van der Waals surface area contributed by atoms with Crippen molar-refractivity contribution in [3.05, 3.63) is 69.1 Å². The fraction of sp³-hybridized carbons (Fsp3) is 0.176. The first-order valence-electron chi connectivity index (χ1n) is 7.35. The number of nitro groups is 1. The standard InChI is InChI=1S/C17H15N3O3S/c1-24-10-9-19-15-8-7-13(20(22)23)11-14(15)16(18-17(19)21)12-5-3-2-4-6-12/h2-8,11H,9-10H2,1H3. The number of hydrogen-bond donors (Lipinski definition) is 0. The smallest absolute Gasteiger partial charge is 0.291 e. The van der Waals surface area contributed by atoms with Crippen molar-refractivity contribution in [2.75, 3.05) is 12.0 Å². The molecule has 0 amide bonds. The van der Waals surface area contributed by atoms with Crippen LogP contribution in [0.5, 0.6) is 0 Å². The molecule has 2 aromatic carbocycles. The highest BCUT2D eigenvalue weighted by atomic mass is 32.2. The average molecular weight is 341 g/mol. The molecule has 0 fully saturated rings. The maximum Gasteiger partial charge on any atom is 0.348 e. The molecule has 0 saturated carbocycles. The van der Waals surface area contributed by atoms with Crippen LogP contribution in [-0.4, -0.2) is 26.5 Å². The first-order valence-corrected chi connectivity index (χ1v) is 8.74. The van der Waals surface area contributed by atoms with Crippen LogP contribution >= 0.6 is 11.8 Å². The predicted molar refractivity (Wildman–Crippen MR) is 96.5 cm³/mol. The monoisotopic (exact) mass is 341 g/mol. The molecule has 24 heavy (non-hydrogen) atoms. The largest absolute Gasteiger partial charge is 0.348 e. The summed E-state index contributed by atoms with van der Waals surface area (Å²) in [5.41, 5.74) is 1.53. The van der Waals surface area contributed by atoms with E-state index in [1.807, 2.05) is 36.6 Å². The first kappa shape index (κ1) is 16.2. The number of non-ortho nitro benzene ring substituents is 1. The lowest BCUT2D eigenvalue weighted by molar-refractivity contribution is -0.384. The van der Waals surface area contributed by atoms with E-state index in [2.05, 4.69) is 4.98 Å². The maximum atomic E-state index is 12.5. The molecular weight excluding hydrogens is 326 g/mol. The second-order valence-corrected chi connectivity index (χ2v) is 6.20. The molecule has 0 N–H and O–H groups in total. The van der Waals surface area contributed by atoms with Crippen molar-refractivity contribution in [3.63, 3.8) is 0 Å². The van der Waals surface area contributed by atoms with Crippen molar-refractivity contribution in [1.29, 1.82) is 0 Å². The second kappa shape index (κ2) is 6.84. The predicted octanol–water partition coefficient (Wildman–Crippen LogP) is 3.33. The molecule has 0 radical (unpaired) electrons. The maximum absolute atomic E-state index is 12.5. The summed E-state index contributed by atoms with van der Waals surface area (Å²) in [4.78, 5) is 27.4. The molecule has 0 atom stereocenters. The molecule has 1 aromatic heterocycles. The number of nitro benzene ring substituents is 1. The Hall–Kier alpha value is -2.67. The molecule has 0 bridgehead atoms. The Balaban J connectivity index is 2.33. The van der Waals surface area contributed by atoms with Crippen LogP contribution in [0, 0.1) is 10.1 Å². The van der Waals surface area contributed by atoms with E-state index in [1.165, 1.54) is 12.1 Å². The lowest BCUT2D eigenvalue weighted by Gasteiger charge is -2.12. The van der Waals surface area contributed by atoms with E-state index in [1.54, 1.807) is 22.4 Å². The molecule has 7 heteroatoms.